The maximum Gasteiger partial charge on any atom is 0.335 e. The first-order valence-electron chi connectivity index (χ1n) is 30.5. The number of carboxylic acids is 1. The number of carboxylic acid groups (broad SMARTS) is 1. The summed E-state index contributed by atoms with van der Waals surface area (Å²) in [5.41, 5.74) is 0. The Hall–Kier alpha value is -5.66. The quantitative estimate of drug-likeness (QED) is 0.0228. The largest absolute Gasteiger partial charge is 0.479 e. The van der Waals surface area contributed by atoms with Gasteiger partial charge in [0, 0.05) is 19.3 Å². The highest BCUT2D eigenvalue weighted by molar-refractivity contribution is 5.74. The van der Waals surface area contributed by atoms with E-state index in [-0.39, 0.29) is 25.9 Å². The summed E-state index contributed by atoms with van der Waals surface area (Å²) >= 11 is 0. The average Bonchev–Trinajstić information content (AvgIpc) is 3.46. The highest BCUT2D eigenvalue weighted by Crippen LogP contribution is 2.26. The van der Waals surface area contributed by atoms with Crippen molar-refractivity contribution in [3.8, 4) is 0 Å². The van der Waals surface area contributed by atoms with Gasteiger partial charge in [-0.15, -0.1) is 0 Å². The minimum atomic E-state index is -1.93. The first-order chi connectivity index (χ1) is 39.6. The minimum Gasteiger partial charge on any atom is -0.479 e. The molecule has 452 valence electrons. The summed E-state index contributed by atoms with van der Waals surface area (Å²) in [5, 5.41) is 31.5. The molecule has 1 heterocycles. The fourth-order valence-corrected chi connectivity index (χ4v) is 7.99. The van der Waals surface area contributed by atoms with Crippen LogP contribution in [0, 0.1) is 0 Å². The van der Waals surface area contributed by atoms with Crippen molar-refractivity contribution < 1.29 is 58.2 Å². The van der Waals surface area contributed by atoms with Gasteiger partial charge in [0.25, 0.3) is 0 Å². The van der Waals surface area contributed by atoms with E-state index in [1.54, 1.807) is 0 Å². The van der Waals surface area contributed by atoms with Gasteiger partial charge in [0.05, 0.1) is 6.61 Å². The molecule has 1 aliphatic heterocycles. The molecular weight excluding hydrogens is 1020 g/mol. The van der Waals surface area contributed by atoms with Crippen LogP contribution in [0.15, 0.2) is 158 Å². The van der Waals surface area contributed by atoms with Gasteiger partial charge >= 0.3 is 23.9 Å². The predicted octanol–water partition coefficient (Wildman–Crippen LogP) is 16.1. The Kier molecular flexibility index (Phi) is 49.7. The Morgan fingerprint density at radius 1 is 0.420 bits per heavy atom. The summed E-state index contributed by atoms with van der Waals surface area (Å²) in [7, 11) is 0. The van der Waals surface area contributed by atoms with E-state index >= 15 is 0 Å². The van der Waals surface area contributed by atoms with Crippen LogP contribution in [0.2, 0.25) is 0 Å². The van der Waals surface area contributed by atoms with Crippen molar-refractivity contribution >= 4 is 23.9 Å². The number of aliphatic hydroxyl groups excluding tert-OH is 2. The van der Waals surface area contributed by atoms with Gasteiger partial charge in [0.15, 0.2) is 24.6 Å². The van der Waals surface area contributed by atoms with Gasteiger partial charge in [0.1, 0.15) is 18.8 Å². The molecule has 6 atom stereocenters. The Balaban J connectivity index is 2.78. The van der Waals surface area contributed by atoms with Crippen molar-refractivity contribution in [2.75, 3.05) is 13.2 Å². The zero-order valence-electron chi connectivity index (χ0n) is 49.7. The highest BCUT2D eigenvalue weighted by Gasteiger charge is 2.50. The van der Waals surface area contributed by atoms with Crippen molar-refractivity contribution in [1.29, 1.82) is 0 Å². The lowest BCUT2D eigenvalue weighted by molar-refractivity contribution is -0.301. The maximum absolute atomic E-state index is 13.2. The molecule has 0 bridgehead atoms. The molecule has 1 saturated heterocycles. The molecule has 0 saturated carbocycles. The van der Waals surface area contributed by atoms with Crippen molar-refractivity contribution in [3.05, 3.63) is 158 Å². The van der Waals surface area contributed by atoms with E-state index in [0.29, 0.717) is 25.7 Å². The molecule has 1 rings (SSSR count). The van der Waals surface area contributed by atoms with E-state index in [4.69, 9.17) is 23.7 Å². The number of carbonyl (C=O) groups is 4. The van der Waals surface area contributed by atoms with Crippen LogP contribution in [0.3, 0.4) is 0 Å². The van der Waals surface area contributed by atoms with E-state index < -0.39 is 67.3 Å². The predicted molar refractivity (Wildman–Crippen MR) is 330 cm³/mol. The van der Waals surface area contributed by atoms with Crippen LogP contribution in [0.1, 0.15) is 201 Å². The molecule has 12 heteroatoms. The molecule has 0 radical (unpaired) electrons. The molecule has 6 unspecified atom stereocenters. The standard InChI is InChI=1S/C69H104O12/c1-4-7-10-13-16-19-22-25-27-29-31-33-35-38-40-43-46-49-52-55-61(70)77-58-60(79-62(71)56-53-50-47-44-42-39-36-34-32-30-28-26-23-20-17-14-11-8-5-2)59-78-69-67(65(74)64(73)66(81-69)68(75)76)80-63(72)57-54-51-48-45-41-37-24-21-18-15-12-9-6-3/h7-8,10-12,15-17,19-21,24-28,31-34,38-40,42,46,49,60,64-67,69,73-74H,4-6,9,13-14,18,22-23,29-30,35-37,41,43-45,47-48,50-59H2,1-3H3,(H,75,76)/b10-7-,11-8-,15-12-,19-16-,20-17-,24-21-,27-25-,28-26-,33-31-,34-32-,40-38-,42-39-,49-46-. The Bertz CT molecular complexity index is 2010. The van der Waals surface area contributed by atoms with Gasteiger partial charge in [-0.3, -0.25) is 14.4 Å². The number of unbranched alkanes of at least 4 members (excludes halogenated alkanes) is 9. The van der Waals surface area contributed by atoms with Gasteiger partial charge in [-0.1, -0.05) is 211 Å². The Labute approximate surface area is 488 Å². The first-order valence-corrected chi connectivity index (χ1v) is 30.5. The van der Waals surface area contributed by atoms with Crippen LogP contribution < -0.4 is 0 Å². The van der Waals surface area contributed by atoms with E-state index in [2.05, 4.69) is 167 Å². The third-order valence-electron chi connectivity index (χ3n) is 12.6. The second kappa shape index (κ2) is 54.9. The fraction of sp³-hybridized carbons (Fsp3) is 0.565. The van der Waals surface area contributed by atoms with Gasteiger partial charge < -0.3 is 39.0 Å². The molecule has 12 nitrogen and oxygen atoms in total. The molecular formula is C69H104O12. The number of hydrogen-bond donors (Lipinski definition) is 3. The van der Waals surface area contributed by atoms with Crippen LogP contribution in [-0.2, 0) is 42.9 Å². The molecule has 3 N–H and O–H groups in total. The lowest BCUT2D eigenvalue weighted by atomic mass is 9.98. The number of aliphatic carboxylic acids is 1. The summed E-state index contributed by atoms with van der Waals surface area (Å²) in [6, 6.07) is 0. The molecule has 0 aromatic carbocycles. The fourth-order valence-electron chi connectivity index (χ4n) is 7.99. The van der Waals surface area contributed by atoms with Crippen LogP contribution >= 0.6 is 0 Å². The van der Waals surface area contributed by atoms with E-state index in [1.165, 1.54) is 0 Å². The lowest BCUT2D eigenvalue weighted by Gasteiger charge is -2.40. The van der Waals surface area contributed by atoms with Crippen LogP contribution in [0.25, 0.3) is 0 Å². The van der Waals surface area contributed by atoms with Crippen LogP contribution in [0.5, 0.6) is 0 Å². The zero-order valence-corrected chi connectivity index (χ0v) is 49.7. The third-order valence-corrected chi connectivity index (χ3v) is 12.6. The van der Waals surface area contributed by atoms with E-state index in [0.717, 1.165) is 135 Å². The SMILES string of the molecule is CC/C=C\C/C=C\C/C=C\C/C=C\C/C=C\C/C=C\CCC(=O)OCC(COC1OC(C(=O)O)C(O)C(O)C1OC(=O)CCCCCCC/C=C\C/C=C\CCC)OC(=O)CCCCC/C=C\C/C=C\C/C=C\C/C=C\C/C=C\CC. The molecule has 0 aromatic rings. The Morgan fingerprint density at radius 2 is 0.802 bits per heavy atom. The monoisotopic (exact) mass is 1120 g/mol. The molecule has 1 aliphatic rings. The molecule has 1 fully saturated rings. The Morgan fingerprint density at radius 3 is 1.25 bits per heavy atom. The lowest BCUT2D eigenvalue weighted by Crippen LogP contribution is -2.61. The molecule has 0 aromatic heterocycles. The molecule has 0 amide bonds. The second-order valence-corrected chi connectivity index (χ2v) is 19.9. The maximum atomic E-state index is 13.2. The van der Waals surface area contributed by atoms with E-state index in [1.807, 2.05) is 12.2 Å². The number of rotatable bonds is 49. The van der Waals surface area contributed by atoms with Gasteiger partial charge in [-0.2, -0.15) is 0 Å². The van der Waals surface area contributed by atoms with Gasteiger partial charge in [-0.25, -0.2) is 4.79 Å². The first kappa shape index (κ1) is 73.4. The number of ether oxygens (including phenoxy) is 5. The minimum absolute atomic E-state index is 0.0233. The number of esters is 3. The van der Waals surface area contributed by atoms with Gasteiger partial charge in [0.2, 0.25) is 0 Å². The second-order valence-electron chi connectivity index (χ2n) is 19.9. The molecule has 0 spiro atoms. The number of aliphatic hydroxyl groups is 2. The topological polar surface area (TPSA) is 175 Å². The van der Waals surface area contributed by atoms with Gasteiger partial charge in [-0.05, 0) is 128 Å². The van der Waals surface area contributed by atoms with Crippen molar-refractivity contribution in [2.24, 2.45) is 0 Å². The van der Waals surface area contributed by atoms with Crippen molar-refractivity contribution in [2.45, 2.75) is 237 Å². The summed E-state index contributed by atoms with van der Waals surface area (Å²) in [6.07, 6.45) is 67.9. The number of allylic oxidation sites excluding steroid dienone is 26. The molecule has 0 aliphatic carbocycles. The summed E-state index contributed by atoms with van der Waals surface area (Å²) in [5.74, 6) is -3.32. The molecule has 81 heavy (non-hydrogen) atoms. The summed E-state index contributed by atoms with van der Waals surface area (Å²) in [6.45, 7) is 5.58. The van der Waals surface area contributed by atoms with Crippen molar-refractivity contribution in [1.82, 2.24) is 0 Å². The zero-order chi connectivity index (χ0) is 58.9. The summed E-state index contributed by atoms with van der Waals surface area (Å²) < 4.78 is 28.3. The smallest absolute Gasteiger partial charge is 0.335 e. The van der Waals surface area contributed by atoms with Crippen LogP contribution in [0.4, 0.5) is 0 Å². The van der Waals surface area contributed by atoms with Crippen LogP contribution in [-0.4, -0.2) is 89.2 Å². The number of hydrogen-bond acceptors (Lipinski definition) is 11. The third kappa shape index (κ3) is 44.7. The average molecular weight is 1130 g/mol. The van der Waals surface area contributed by atoms with E-state index in [9.17, 15) is 34.5 Å². The normalized spacial score (nSPS) is 18.9. The highest BCUT2D eigenvalue weighted by atomic mass is 16.7. The number of carbonyl (C=O) groups excluding carboxylic acids is 3. The van der Waals surface area contributed by atoms with Crippen molar-refractivity contribution in [3.63, 3.8) is 0 Å². The summed E-state index contributed by atoms with van der Waals surface area (Å²) in [4.78, 5) is 51.2.